The van der Waals surface area contributed by atoms with Gasteiger partial charge in [-0.2, -0.15) is 13.2 Å². The van der Waals surface area contributed by atoms with Gasteiger partial charge < -0.3 is 15.6 Å². The number of halogens is 4. The molecule has 7 nitrogen and oxygen atoms in total. The number of hydrogen-bond donors (Lipinski definition) is 3. The summed E-state index contributed by atoms with van der Waals surface area (Å²) in [6, 6.07) is 1.73. The van der Waals surface area contributed by atoms with Crippen LogP contribution >= 0.6 is 11.6 Å². The van der Waals surface area contributed by atoms with E-state index in [2.05, 4.69) is 25.3 Å². The summed E-state index contributed by atoms with van der Waals surface area (Å²) >= 11 is 6.05. The number of H-pyrrole nitrogens is 1. The summed E-state index contributed by atoms with van der Waals surface area (Å²) in [5.41, 5.74) is 1.24. The number of hydrogen-bond acceptors (Lipinski definition) is 5. The number of aromatic nitrogens is 4. The molecule has 0 aliphatic heterocycles. The van der Waals surface area contributed by atoms with Crippen LogP contribution in [0.2, 0.25) is 5.02 Å². The number of amides is 1. The van der Waals surface area contributed by atoms with Gasteiger partial charge in [-0.25, -0.2) is 15.0 Å². The summed E-state index contributed by atoms with van der Waals surface area (Å²) in [6.07, 6.45) is -1.28. The molecule has 3 aromatic rings. The van der Waals surface area contributed by atoms with Gasteiger partial charge in [0, 0.05) is 38.9 Å². The molecule has 1 amide bonds. The lowest BCUT2D eigenvalue weighted by atomic mass is 10.0. The lowest BCUT2D eigenvalue weighted by Gasteiger charge is -2.27. The number of pyridine rings is 1. The van der Waals surface area contributed by atoms with Crippen LogP contribution in [0, 0.1) is 13.8 Å². The Labute approximate surface area is 179 Å². The second kappa shape index (κ2) is 7.75. The summed E-state index contributed by atoms with van der Waals surface area (Å²) in [7, 11) is 0. The van der Waals surface area contributed by atoms with Crippen molar-refractivity contribution in [2.75, 3.05) is 11.9 Å². The van der Waals surface area contributed by atoms with Gasteiger partial charge in [-0.15, -0.1) is 0 Å². The van der Waals surface area contributed by atoms with E-state index < -0.39 is 24.2 Å². The third-order valence-corrected chi connectivity index (χ3v) is 4.78. The number of alkyl halides is 3. The van der Waals surface area contributed by atoms with Crippen molar-refractivity contribution in [3.63, 3.8) is 0 Å². The molecule has 0 aromatic carbocycles. The first-order chi connectivity index (χ1) is 13.9. The van der Waals surface area contributed by atoms with Gasteiger partial charge >= 0.3 is 6.18 Å². The van der Waals surface area contributed by atoms with Crippen molar-refractivity contribution in [1.29, 1.82) is 0 Å². The maximum atomic E-state index is 12.4. The molecule has 0 aliphatic rings. The Morgan fingerprint density at radius 1 is 1.27 bits per heavy atom. The highest BCUT2D eigenvalue weighted by Crippen LogP contribution is 2.30. The topological polar surface area (TPSA) is 95.6 Å². The normalized spacial score (nSPS) is 12.3. The Bertz CT molecular complexity index is 1120. The molecule has 166 valence electrons. The monoisotopic (exact) mass is 446 g/mol. The van der Waals surface area contributed by atoms with Gasteiger partial charge in [0.05, 0.1) is 5.02 Å². The van der Waals surface area contributed by atoms with Crippen molar-refractivity contribution in [3.8, 4) is 11.4 Å². The zero-order valence-electron chi connectivity index (χ0n) is 16.7. The fourth-order valence-electron chi connectivity index (χ4n) is 2.79. The highest BCUT2D eigenvalue weighted by atomic mass is 35.5. The van der Waals surface area contributed by atoms with E-state index in [1.807, 2.05) is 5.32 Å². The van der Waals surface area contributed by atoms with Crippen molar-refractivity contribution in [2.45, 2.75) is 39.4 Å². The summed E-state index contributed by atoms with van der Waals surface area (Å²) in [5, 5.41) is 6.01. The lowest BCUT2D eigenvalue weighted by Crippen LogP contribution is -2.50. The minimum Gasteiger partial charge on any atom is -0.356 e. The second-order valence-corrected chi connectivity index (χ2v) is 7.84. The van der Waals surface area contributed by atoms with Crippen LogP contribution in [-0.4, -0.2) is 44.1 Å². The Hall–Kier alpha value is -2.88. The molecular weight excluding hydrogens is 421 g/mol. The van der Waals surface area contributed by atoms with Crippen LogP contribution in [0.3, 0.4) is 0 Å². The fourth-order valence-corrected chi connectivity index (χ4v) is 2.95. The largest absolute Gasteiger partial charge is 0.405 e. The standard InChI is InChI=1S/C19H20ClF3N6O.3H2/c1-9-10(2)27-16(13-7-25-15-12(13)5-11(20)6-24-15)28-14(9)29-18(3,4)17(30)26-8-19(21,22)23;;;/h5-7H,8H2,1-4H3,(H,24,25)(H,26,30)(H,27,28,29);3*1H. The predicted octanol–water partition coefficient (Wildman–Crippen LogP) is 4.90. The molecule has 0 saturated carbocycles. The van der Waals surface area contributed by atoms with E-state index in [0.717, 1.165) is 5.39 Å². The molecule has 3 aromatic heterocycles. The van der Waals surface area contributed by atoms with E-state index in [1.165, 1.54) is 20.0 Å². The number of carbonyl (C=O) groups excluding carboxylic acids is 1. The van der Waals surface area contributed by atoms with Crippen molar-refractivity contribution in [2.24, 2.45) is 0 Å². The summed E-state index contributed by atoms with van der Waals surface area (Å²) in [6.45, 7) is 5.09. The fraction of sp³-hybridized carbons (Fsp3) is 0.368. The van der Waals surface area contributed by atoms with Gasteiger partial charge in [-0.1, -0.05) is 11.6 Å². The molecule has 0 radical (unpaired) electrons. The van der Waals surface area contributed by atoms with Crippen LogP contribution in [0.4, 0.5) is 19.0 Å². The molecule has 0 aliphatic carbocycles. The number of carbonyl (C=O) groups is 1. The number of aryl methyl sites for hydroxylation is 1. The minimum absolute atomic E-state index is 0. The van der Waals surface area contributed by atoms with E-state index in [9.17, 15) is 18.0 Å². The van der Waals surface area contributed by atoms with Crippen LogP contribution < -0.4 is 10.6 Å². The number of rotatable bonds is 5. The van der Waals surface area contributed by atoms with Gasteiger partial charge in [0.1, 0.15) is 23.5 Å². The number of nitrogens with one attached hydrogen (secondary N) is 3. The van der Waals surface area contributed by atoms with E-state index in [-0.39, 0.29) is 4.28 Å². The molecule has 0 atom stereocenters. The van der Waals surface area contributed by atoms with E-state index in [4.69, 9.17) is 11.6 Å². The summed E-state index contributed by atoms with van der Waals surface area (Å²) in [5.74, 6) is -0.100. The molecular formula is C19H26ClF3N6O. The Balaban J connectivity index is 0.00000341. The average Bonchev–Trinajstić information content (AvgIpc) is 3.05. The Kier molecular flexibility index (Phi) is 5.64. The molecule has 11 heteroatoms. The second-order valence-electron chi connectivity index (χ2n) is 7.41. The average molecular weight is 447 g/mol. The van der Waals surface area contributed by atoms with Gasteiger partial charge in [-0.05, 0) is 33.8 Å². The number of nitrogens with zero attached hydrogens (tertiary/aromatic N) is 3. The number of anilines is 1. The highest BCUT2D eigenvalue weighted by Gasteiger charge is 2.33. The molecule has 0 fully saturated rings. The Morgan fingerprint density at radius 2 is 1.97 bits per heavy atom. The van der Waals surface area contributed by atoms with E-state index >= 15 is 0 Å². The molecule has 3 heterocycles. The zero-order chi connectivity index (χ0) is 22.3. The van der Waals surface area contributed by atoms with Gasteiger partial charge in [-0.3, -0.25) is 4.79 Å². The van der Waals surface area contributed by atoms with Crippen LogP contribution in [-0.2, 0) is 4.79 Å². The summed E-state index contributed by atoms with van der Waals surface area (Å²) < 4.78 is 37.3. The highest BCUT2D eigenvalue weighted by molar-refractivity contribution is 6.31. The molecule has 30 heavy (non-hydrogen) atoms. The lowest BCUT2D eigenvalue weighted by molar-refractivity contribution is -0.140. The quantitative estimate of drug-likeness (QED) is 0.518. The maximum Gasteiger partial charge on any atom is 0.405 e. The first-order valence-corrected chi connectivity index (χ1v) is 9.36. The molecule has 0 bridgehead atoms. The predicted molar refractivity (Wildman–Crippen MR) is 115 cm³/mol. The number of fused-ring (bicyclic) bond motifs is 1. The van der Waals surface area contributed by atoms with Crippen LogP contribution in [0.1, 0.15) is 29.4 Å². The first-order valence-electron chi connectivity index (χ1n) is 8.99. The van der Waals surface area contributed by atoms with Gasteiger partial charge in [0.2, 0.25) is 5.91 Å². The molecule has 3 N–H and O–H groups in total. The van der Waals surface area contributed by atoms with Crippen molar-refractivity contribution < 1.29 is 22.2 Å². The minimum atomic E-state index is -4.50. The van der Waals surface area contributed by atoms with Crippen molar-refractivity contribution in [1.82, 2.24) is 25.3 Å². The van der Waals surface area contributed by atoms with Crippen LogP contribution in [0.5, 0.6) is 0 Å². The van der Waals surface area contributed by atoms with Crippen molar-refractivity contribution in [3.05, 3.63) is 34.7 Å². The molecule has 3 rings (SSSR count). The van der Waals surface area contributed by atoms with Gasteiger partial charge in [0.25, 0.3) is 0 Å². The summed E-state index contributed by atoms with van der Waals surface area (Å²) in [4.78, 5) is 28.6. The molecule has 0 unspecified atom stereocenters. The van der Waals surface area contributed by atoms with E-state index in [1.54, 1.807) is 26.1 Å². The van der Waals surface area contributed by atoms with Crippen molar-refractivity contribution >= 4 is 34.4 Å². The van der Waals surface area contributed by atoms with E-state index in [0.29, 0.717) is 39.1 Å². The maximum absolute atomic E-state index is 12.4. The Morgan fingerprint density at radius 3 is 2.63 bits per heavy atom. The van der Waals surface area contributed by atoms with Crippen LogP contribution in [0.15, 0.2) is 18.5 Å². The number of aromatic amines is 1. The molecule has 0 saturated heterocycles. The zero-order valence-corrected chi connectivity index (χ0v) is 17.5. The van der Waals surface area contributed by atoms with Gasteiger partial charge in [0.15, 0.2) is 5.82 Å². The SMILES string of the molecule is Cc1nc(-c2c[nH]c3ncc(Cl)cc23)nc(NC(C)(C)C(=O)NCC(F)(F)F)c1C.[HH].[HH].[HH]. The third kappa shape index (κ3) is 4.64. The first kappa shape index (κ1) is 21.8. The van der Waals surface area contributed by atoms with Crippen LogP contribution in [0.25, 0.3) is 22.4 Å². The molecule has 0 spiro atoms. The third-order valence-electron chi connectivity index (χ3n) is 4.58. The smallest absolute Gasteiger partial charge is 0.356 e.